The van der Waals surface area contributed by atoms with Crippen LogP contribution in [0.25, 0.3) is 10.1 Å². The van der Waals surface area contributed by atoms with Crippen molar-refractivity contribution in [3.8, 4) is 0 Å². The summed E-state index contributed by atoms with van der Waals surface area (Å²) in [6.07, 6.45) is 0.917. The molecule has 1 saturated heterocycles. The number of amides is 1. The molecule has 1 amide bonds. The molecule has 0 radical (unpaired) electrons. The zero-order valence-corrected chi connectivity index (χ0v) is 13.6. The molecule has 3 rings (SSSR count). The molecule has 0 saturated carbocycles. The van der Waals surface area contributed by atoms with Crippen molar-refractivity contribution in [3.05, 3.63) is 35.2 Å². The second kappa shape index (κ2) is 6.87. The Balaban J connectivity index is 1.53. The van der Waals surface area contributed by atoms with Crippen LogP contribution >= 0.6 is 34.9 Å². The molecule has 0 bridgehead atoms. The van der Waals surface area contributed by atoms with Crippen molar-refractivity contribution in [3.63, 3.8) is 0 Å². The molecule has 5 heteroatoms. The number of rotatable bonds is 4. The molecule has 1 aliphatic rings. The van der Waals surface area contributed by atoms with Crippen LogP contribution in [0.5, 0.6) is 0 Å². The van der Waals surface area contributed by atoms with Crippen molar-refractivity contribution in [2.75, 3.05) is 23.8 Å². The highest BCUT2D eigenvalue weighted by molar-refractivity contribution is 8.07. The number of carbonyl (C=O) groups excluding carboxylic acids is 1. The van der Waals surface area contributed by atoms with Gasteiger partial charge in [0.25, 0.3) is 0 Å². The maximum absolute atomic E-state index is 12.0. The number of thioether (sulfide) groups is 2. The average molecular weight is 324 g/mol. The number of thiophene rings is 1. The summed E-state index contributed by atoms with van der Waals surface area (Å²) in [6, 6.07) is 8.46. The molecular formula is C15H17NOS3. The Morgan fingerprint density at radius 3 is 3.05 bits per heavy atom. The van der Waals surface area contributed by atoms with Gasteiger partial charge in [0.1, 0.15) is 0 Å². The number of hydrogen-bond donors (Lipinski definition) is 1. The average Bonchev–Trinajstić information content (AvgIpc) is 2.92. The largest absolute Gasteiger partial charge is 0.355 e. The van der Waals surface area contributed by atoms with Gasteiger partial charge in [-0.3, -0.25) is 4.79 Å². The summed E-state index contributed by atoms with van der Waals surface area (Å²) < 4.78 is 1.33. The first-order chi connectivity index (χ1) is 9.84. The van der Waals surface area contributed by atoms with Gasteiger partial charge < -0.3 is 5.32 Å². The van der Waals surface area contributed by atoms with Gasteiger partial charge in [0.15, 0.2) is 0 Å². The van der Waals surface area contributed by atoms with E-state index in [0.29, 0.717) is 0 Å². The Labute approximate surface area is 131 Å². The van der Waals surface area contributed by atoms with Crippen LogP contribution in [0.4, 0.5) is 0 Å². The first kappa shape index (κ1) is 14.3. The van der Waals surface area contributed by atoms with Gasteiger partial charge in [0.2, 0.25) is 5.91 Å². The van der Waals surface area contributed by atoms with Gasteiger partial charge in [-0.1, -0.05) is 18.2 Å². The number of fused-ring (bicyclic) bond motifs is 1. The van der Waals surface area contributed by atoms with Gasteiger partial charge in [0, 0.05) is 28.5 Å². The number of carbonyl (C=O) groups is 1. The molecule has 1 aliphatic heterocycles. The lowest BCUT2D eigenvalue weighted by Gasteiger charge is -2.20. The lowest BCUT2D eigenvalue weighted by Crippen LogP contribution is -2.37. The fraction of sp³-hybridized carbons (Fsp3) is 0.400. The number of benzene rings is 1. The minimum absolute atomic E-state index is 0.146. The molecule has 1 aromatic carbocycles. The molecule has 20 heavy (non-hydrogen) atoms. The molecule has 1 unspecified atom stereocenters. The van der Waals surface area contributed by atoms with Crippen molar-refractivity contribution >= 4 is 50.9 Å². The van der Waals surface area contributed by atoms with Crippen LogP contribution in [-0.2, 0) is 11.2 Å². The Kier molecular flexibility index (Phi) is 4.91. The van der Waals surface area contributed by atoms with E-state index < -0.39 is 0 Å². The number of hydrogen-bond acceptors (Lipinski definition) is 4. The molecular weight excluding hydrogens is 306 g/mol. The van der Waals surface area contributed by atoms with Crippen LogP contribution in [0, 0.1) is 0 Å². The molecule has 1 aromatic heterocycles. The second-order valence-electron chi connectivity index (χ2n) is 4.73. The topological polar surface area (TPSA) is 29.1 Å². The maximum atomic E-state index is 12.0. The highest BCUT2D eigenvalue weighted by Gasteiger charge is 2.21. The highest BCUT2D eigenvalue weighted by atomic mass is 32.2. The maximum Gasteiger partial charge on any atom is 0.233 e. The highest BCUT2D eigenvalue weighted by Crippen LogP contribution is 2.26. The van der Waals surface area contributed by atoms with Crippen molar-refractivity contribution in [2.24, 2.45) is 0 Å². The van der Waals surface area contributed by atoms with Gasteiger partial charge in [-0.15, -0.1) is 23.1 Å². The minimum Gasteiger partial charge on any atom is -0.355 e. The van der Waals surface area contributed by atoms with Gasteiger partial charge in [-0.25, -0.2) is 0 Å². The van der Waals surface area contributed by atoms with Gasteiger partial charge in [-0.05, 0) is 28.8 Å². The fourth-order valence-electron chi connectivity index (χ4n) is 2.30. The molecule has 2 aromatic rings. The van der Waals surface area contributed by atoms with Crippen molar-refractivity contribution in [2.45, 2.75) is 11.7 Å². The van der Waals surface area contributed by atoms with Crippen LogP contribution in [0.15, 0.2) is 29.6 Å². The van der Waals surface area contributed by atoms with E-state index in [1.807, 2.05) is 11.8 Å². The van der Waals surface area contributed by atoms with Crippen LogP contribution < -0.4 is 5.32 Å². The van der Waals surface area contributed by atoms with Crippen LogP contribution in [-0.4, -0.2) is 35.0 Å². The first-order valence-electron chi connectivity index (χ1n) is 6.77. The normalized spacial score (nSPS) is 19.1. The zero-order valence-electron chi connectivity index (χ0n) is 11.1. The Hall–Kier alpha value is -0.650. The SMILES string of the molecule is O=C(NCCc1csc2ccccc12)C1CSCCS1. The van der Waals surface area contributed by atoms with E-state index in [9.17, 15) is 4.79 Å². The van der Waals surface area contributed by atoms with Crippen LogP contribution in [0.2, 0.25) is 0 Å². The molecule has 1 N–H and O–H groups in total. The third-order valence-electron chi connectivity index (χ3n) is 3.36. The fourth-order valence-corrected chi connectivity index (χ4v) is 5.88. The number of nitrogens with one attached hydrogen (secondary N) is 1. The quantitative estimate of drug-likeness (QED) is 0.935. The van der Waals surface area contributed by atoms with E-state index in [1.165, 1.54) is 21.4 Å². The molecule has 1 atom stereocenters. The third-order valence-corrected chi connectivity index (χ3v) is 7.13. The Morgan fingerprint density at radius 1 is 1.30 bits per heavy atom. The van der Waals surface area contributed by atoms with E-state index in [4.69, 9.17) is 0 Å². The van der Waals surface area contributed by atoms with E-state index >= 15 is 0 Å². The van der Waals surface area contributed by atoms with E-state index in [-0.39, 0.29) is 11.2 Å². The molecule has 2 heterocycles. The summed E-state index contributed by atoms with van der Waals surface area (Å²) in [6.45, 7) is 0.737. The summed E-state index contributed by atoms with van der Waals surface area (Å²) in [5.41, 5.74) is 1.34. The summed E-state index contributed by atoms with van der Waals surface area (Å²) in [4.78, 5) is 12.0. The summed E-state index contributed by atoms with van der Waals surface area (Å²) in [7, 11) is 0. The lowest BCUT2D eigenvalue weighted by atomic mass is 10.1. The molecule has 0 aliphatic carbocycles. The van der Waals surface area contributed by atoms with Gasteiger partial charge in [0.05, 0.1) is 5.25 Å². The first-order valence-corrected chi connectivity index (χ1v) is 9.85. The van der Waals surface area contributed by atoms with E-state index in [1.54, 1.807) is 23.1 Å². The van der Waals surface area contributed by atoms with Crippen molar-refractivity contribution in [1.29, 1.82) is 0 Å². The predicted octanol–water partition coefficient (Wildman–Crippen LogP) is 3.41. The molecule has 0 spiro atoms. The van der Waals surface area contributed by atoms with Gasteiger partial charge in [-0.2, -0.15) is 11.8 Å². The second-order valence-corrected chi connectivity index (χ2v) is 8.10. The van der Waals surface area contributed by atoms with Crippen molar-refractivity contribution < 1.29 is 4.79 Å². The predicted molar refractivity (Wildman–Crippen MR) is 92.1 cm³/mol. The summed E-state index contributed by atoms with van der Waals surface area (Å²) in [5.74, 6) is 3.44. The van der Waals surface area contributed by atoms with E-state index in [0.717, 1.165) is 24.5 Å². The smallest absolute Gasteiger partial charge is 0.233 e. The van der Waals surface area contributed by atoms with Crippen LogP contribution in [0.1, 0.15) is 5.56 Å². The lowest BCUT2D eigenvalue weighted by molar-refractivity contribution is -0.120. The molecule has 1 fully saturated rings. The monoisotopic (exact) mass is 323 g/mol. The molecule has 2 nitrogen and oxygen atoms in total. The Morgan fingerprint density at radius 2 is 2.20 bits per heavy atom. The molecule has 106 valence electrons. The Bertz CT molecular complexity index is 590. The zero-order chi connectivity index (χ0) is 13.8. The third kappa shape index (κ3) is 3.32. The van der Waals surface area contributed by atoms with Crippen LogP contribution in [0.3, 0.4) is 0 Å². The van der Waals surface area contributed by atoms with Crippen molar-refractivity contribution in [1.82, 2.24) is 5.32 Å². The standard InChI is InChI=1S/C15H17NOS3/c17-15(14-10-18-7-8-19-14)16-6-5-11-9-20-13-4-2-1-3-12(11)13/h1-4,9,14H,5-8,10H2,(H,16,17). The van der Waals surface area contributed by atoms with Gasteiger partial charge >= 0.3 is 0 Å². The van der Waals surface area contributed by atoms with E-state index in [2.05, 4.69) is 35.0 Å². The summed E-state index contributed by atoms with van der Waals surface area (Å²) >= 11 is 5.46. The minimum atomic E-state index is 0.146. The summed E-state index contributed by atoms with van der Waals surface area (Å²) in [5, 5.41) is 6.77.